The van der Waals surface area contributed by atoms with Crippen LogP contribution in [0, 0.1) is 0 Å². The Morgan fingerprint density at radius 1 is 1.22 bits per heavy atom. The van der Waals surface area contributed by atoms with Crippen molar-refractivity contribution in [2.75, 3.05) is 20.3 Å². The molecule has 4 heteroatoms. The second kappa shape index (κ2) is 4.44. The summed E-state index contributed by atoms with van der Waals surface area (Å²) >= 11 is 0. The normalized spacial score (nSPS) is 22.1. The lowest BCUT2D eigenvalue weighted by Gasteiger charge is -2.24. The highest BCUT2D eigenvalue weighted by molar-refractivity contribution is 5.45. The maximum absolute atomic E-state index is 6.31. The average Bonchev–Trinajstić information content (AvgIpc) is 3.13. The van der Waals surface area contributed by atoms with Gasteiger partial charge in [-0.3, -0.25) is 0 Å². The summed E-state index contributed by atoms with van der Waals surface area (Å²) in [6.45, 7) is 1.44. The molecule has 1 aromatic rings. The topological polar surface area (TPSA) is 56.5 Å². The number of nitrogens with two attached hydrogens (primary N) is 1. The molecule has 0 aromatic heterocycles. The monoisotopic (exact) mass is 248 g/mol. The van der Waals surface area contributed by atoms with E-state index in [9.17, 15) is 0 Å². The molecule has 1 saturated carbocycles. The van der Waals surface area contributed by atoms with Gasteiger partial charge in [-0.1, -0.05) is 6.07 Å². The number of ether oxygens (including phenoxy) is 2. The van der Waals surface area contributed by atoms with Crippen LogP contribution < -0.4 is 20.5 Å². The van der Waals surface area contributed by atoms with Crippen molar-refractivity contribution in [1.29, 1.82) is 0 Å². The maximum atomic E-state index is 6.31. The summed E-state index contributed by atoms with van der Waals surface area (Å²) in [5.74, 6) is 1.68. The third-order valence-corrected chi connectivity index (χ3v) is 3.80. The Kier molecular flexibility index (Phi) is 2.92. The molecule has 18 heavy (non-hydrogen) atoms. The van der Waals surface area contributed by atoms with E-state index in [2.05, 4.69) is 17.4 Å². The second-order valence-electron chi connectivity index (χ2n) is 5.21. The number of fused-ring (bicyclic) bond motifs is 1. The van der Waals surface area contributed by atoms with Crippen LogP contribution in [0.25, 0.3) is 0 Å². The molecule has 0 radical (unpaired) electrons. The molecule has 0 bridgehead atoms. The Labute approximate surface area is 107 Å². The lowest BCUT2D eigenvalue weighted by Crippen LogP contribution is -2.38. The van der Waals surface area contributed by atoms with Gasteiger partial charge in [0.2, 0.25) is 0 Å². The molecule has 1 atom stereocenters. The quantitative estimate of drug-likeness (QED) is 0.853. The third-order valence-electron chi connectivity index (χ3n) is 3.80. The van der Waals surface area contributed by atoms with Crippen LogP contribution in [0.1, 0.15) is 30.9 Å². The van der Waals surface area contributed by atoms with Gasteiger partial charge in [0.15, 0.2) is 11.5 Å². The molecule has 1 aromatic carbocycles. The summed E-state index contributed by atoms with van der Waals surface area (Å²) in [7, 11) is 1.96. The molecular formula is C14H20N2O2. The fraction of sp³-hybridized carbons (Fsp3) is 0.571. The lowest BCUT2D eigenvalue weighted by atomic mass is 9.97. The van der Waals surface area contributed by atoms with Crippen LogP contribution in [-0.2, 0) is 0 Å². The Hall–Kier alpha value is -1.26. The molecule has 2 aliphatic rings. The van der Waals surface area contributed by atoms with Gasteiger partial charge in [-0.05, 0) is 37.6 Å². The van der Waals surface area contributed by atoms with E-state index in [0.29, 0.717) is 6.61 Å². The molecule has 0 saturated heterocycles. The molecule has 1 heterocycles. The Morgan fingerprint density at radius 3 is 2.61 bits per heavy atom. The minimum absolute atomic E-state index is 0.0887. The zero-order valence-electron chi connectivity index (χ0n) is 10.7. The first-order valence-corrected chi connectivity index (χ1v) is 6.59. The van der Waals surface area contributed by atoms with Gasteiger partial charge in [0, 0.05) is 12.0 Å². The highest BCUT2D eigenvalue weighted by atomic mass is 16.5. The van der Waals surface area contributed by atoms with E-state index in [1.165, 1.54) is 5.56 Å². The van der Waals surface area contributed by atoms with Crippen LogP contribution in [0.3, 0.4) is 0 Å². The zero-order chi connectivity index (χ0) is 12.6. The Bertz CT molecular complexity index is 443. The van der Waals surface area contributed by atoms with Crippen molar-refractivity contribution in [2.45, 2.75) is 30.8 Å². The van der Waals surface area contributed by atoms with Gasteiger partial charge < -0.3 is 20.5 Å². The first-order valence-electron chi connectivity index (χ1n) is 6.59. The fourth-order valence-corrected chi connectivity index (χ4v) is 2.58. The molecule has 3 N–H and O–H groups in total. The van der Waals surface area contributed by atoms with E-state index >= 15 is 0 Å². The lowest BCUT2D eigenvalue weighted by molar-refractivity contribution is 0.297. The SMILES string of the molecule is CNC(c1ccc2c(c1)OCCCO2)C1(N)CC1. The molecule has 0 amide bonds. The predicted molar refractivity (Wildman–Crippen MR) is 70.0 cm³/mol. The molecule has 1 aliphatic carbocycles. The van der Waals surface area contributed by atoms with E-state index in [1.807, 2.05) is 13.1 Å². The second-order valence-corrected chi connectivity index (χ2v) is 5.21. The van der Waals surface area contributed by atoms with Crippen molar-refractivity contribution in [3.63, 3.8) is 0 Å². The van der Waals surface area contributed by atoms with Crippen LogP contribution in [0.4, 0.5) is 0 Å². The zero-order valence-corrected chi connectivity index (χ0v) is 10.7. The van der Waals surface area contributed by atoms with Crippen molar-refractivity contribution < 1.29 is 9.47 Å². The molecule has 0 spiro atoms. The molecule has 1 unspecified atom stereocenters. The molecule has 1 fully saturated rings. The van der Waals surface area contributed by atoms with E-state index < -0.39 is 0 Å². The first-order chi connectivity index (χ1) is 8.73. The number of rotatable bonds is 3. The van der Waals surface area contributed by atoms with Crippen molar-refractivity contribution in [3.8, 4) is 11.5 Å². The number of hydrogen-bond acceptors (Lipinski definition) is 4. The smallest absolute Gasteiger partial charge is 0.161 e. The summed E-state index contributed by atoms with van der Waals surface area (Å²) in [4.78, 5) is 0. The molecule has 4 nitrogen and oxygen atoms in total. The standard InChI is InChI=1S/C14H20N2O2/c1-16-13(14(15)5-6-14)10-3-4-11-12(9-10)18-8-2-7-17-11/h3-4,9,13,16H,2,5-8,15H2,1H3. The van der Waals surface area contributed by atoms with Crippen molar-refractivity contribution in [1.82, 2.24) is 5.32 Å². The number of hydrogen-bond donors (Lipinski definition) is 2. The Balaban J connectivity index is 1.91. The van der Waals surface area contributed by atoms with Gasteiger partial charge in [0.25, 0.3) is 0 Å². The summed E-state index contributed by atoms with van der Waals surface area (Å²) in [5.41, 5.74) is 7.40. The summed E-state index contributed by atoms with van der Waals surface area (Å²) in [6, 6.07) is 6.33. The van der Waals surface area contributed by atoms with Gasteiger partial charge in [0.1, 0.15) is 0 Å². The summed E-state index contributed by atoms with van der Waals surface area (Å²) in [6.07, 6.45) is 3.08. The van der Waals surface area contributed by atoms with Gasteiger partial charge in [0.05, 0.1) is 19.3 Å². The minimum Gasteiger partial charge on any atom is -0.490 e. The molecule has 1 aliphatic heterocycles. The minimum atomic E-state index is -0.0887. The number of nitrogens with one attached hydrogen (secondary N) is 1. The largest absolute Gasteiger partial charge is 0.490 e. The van der Waals surface area contributed by atoms with Crippen LogP contribution >= 0.6 is 0 Å². The molecule has 98 valence electrons. The van der Waals surface area contributed by atoms with Crippen LogP contribution in [0.15, 0.2) is 18.2 Å². The summed E-state index contributed by atoms with van der Waals surface area (Å²) < 4.78 is 11.4. The fourth-order valence-electron chi connectivity index (χ4n) is 2.58. The van der Waals surface area contributed by atoms with Gasteiger partial charge in [-0.25, -0.2) is 0 Å². The first kappa shape index (κ1) is 11.8. The maximum Gasteiger partial charge on any atom is 0.161 e. The van der Waals surface area contributed by atoms with Gasteiger partial charge in [-0.15, -0.1) is 0 Å². The highest BCUT2D eigenvalue weighted by Gasteiger charge is 2.45. The van der Waals surface area contributed by atoms with Crippen molar-refractivity contribution in [3.05, 3.63) is 23.8 Å². The molecule has 3 rings (SSSR count). The van der Waals surface area contributed by atoms with Crippen molar-refractivity contribution in [2.24, 2.45) is 5.73 Å². The van der Waals surface area contributed by atoms with Crippen LogP contribution in [-0.4, -0.2) is 25.8 Å². The van der Waals surface area contributed by atoms with Crippen molar-refractivity contribution >= 4 is 0 Å². The van der Waals surface area contributed by atoms with Crippen LogP contribution in [0.5, 0.6) is 11.5 Å². The summed E-state index contributed by atoms with van der Waals surface area (Å²) in [5, 5.41) is 3.32. The Morgan fingerprint density at radius 2 is 1.94 bits per heavy atom. The van der Waals surface area contributed by atoms with E-state index in [-0.39, 0.29) is 11.6 Å². The van der Waals surface area contributed by atoms with Crippen LogP contribution in [0.2, 0.25) is 0 Å². The van der Waals surface area contributed by atoms with Gasteiger partial charge in [-0.2, -0.15) is 0 Å². The molecular weight excluding hydrogens is 228 g/mol. The van der Waals surface area contributed by atoms with Gasteiger partial charge >= 0.3 is 0 Å². The van der Waals surface area contributed by atoms with E-state index in [1.54, 1.807) is 0 Å². The van der Waals surface area contributed by atoms with E-state index in [4.69, 9.17) is 15.2 Å². The number of benzene rings is 1. The predicted octanol–water partition coefficient (Wildman–Crippen LogP) is 1.60. The highest BCUT2D eigenvalue weighted by Crippen LogP contribution is 2.44. The third kappa shape index (κ3) is 2.06. The number of likely N-dealkylation sites (N-methyl/N-ethyl adjacent to an activating group) is 1. The van der Waals surface area contributed by atoms with E-state index in [0.717, 1.165) is 37.4 Å². The average molecular weight is 248 g/mol.